The van der Waals surface area contributed by atoms with Crippen molar-refractivity contribution < 1.29 is 0 Å². The highest BCUT2D eigenvalue weighted by molar-refractivity contribution is 5.77. The number of para-hydroxylation sites is 2. The molecule has 3 aromatic carbocycles. The Kier molecular flexibility index (Phi) is 4.58. The fourth-order valence-electron chi connectivity index (χ4n) is 4.59. The van der Waals surface area contributed by atoms with Gasteiger partial charge in [0.2, 0.25) is 5.95 Å². The summed E-state index contributed by atoms with van der Waals surface area (Å²) in [5.74, 6) is 2.11. The van der Waals surface area contributed by atoms with Crippen LogP contribution in [0.2, 0.25) is 0 Å². The van der Waals surface area contributed by atoms with Crippen LogP contribution < -0.4 is 4.90 Å². The van der Waals surface area contributed by atoms with Gasteiger partial charge in [0.15, 0.2) is 0 Å². The van der Waals surface area contributed by atoms with Gasteiger partial charge in [-0.25, -0.2) is 4.98 Å². The van der Waals surface area contributed by atoms with Gasteiger partial charge in [0.05, 0.1) is 11.0 Å². The van der Waals surface area contributed by atoms with Crippen LogP contribution in [0.3, 0.4) is 0 Å². The smallest absolute Gasteiger partial charge is 0.203 e. The summed E-state index contributed by atoms with van der Waals surface area (Å²) in [5, 5.41) is 0. The lowest BCUT2D eigenvalue weighted by atomic mass is 9.76. The summed E-state index contributed by atoms with van der Waals surface area (Å²) >= 11 is 0. The molecule has 1 aromatic heterocycles. The minimum atomic E-state index is 0.459. The molecule has 0 aliphatic carbocycles. The fraction of sp³-hybridized carbons (Fsp3) is 0.240. The summed E-state index contributed by atoms with van der Waals surface area (Å²) in [6.45, 7) is 2.08. The maximum absolute atomic E-state index is 4.79. The first-order chi connectivity index (χ1) is 13.9. The van der Waals surface area contributed by atoms with Crippen LogP contribution in [0.15, 0.2) is 84.9 Å². The Bertz CT molecular complexity index is 959. The third kappa shape index (κ3) is 3.29. The van der Waals surface area contributed by atoms with Gasteiger partial charge in [0.25, 0.3) is 0 Å². The minimum absolute atomic E-state index is 0.459. The molecule has 0 atom stereocenters. The molecule has 0 unspecified atom stereocenters. The number of hydrogen-bond acceptors (Lipinski definition) is 2. The van der Waals surface area contributed by atoms with Crippen LogP contribution in [0.25, 0.3) is 11.0 Å². The standard InChI is InChI=1S/C25H25N3/c1-3-9-19(10-4-1)24(20-11-5-2-6-12-20)21-15-17-28(18-16-21)25-26-22-13-7-8-14-23(22)27-25/h1-14,21,24H,15-18H2,(H,26,27). The summed E-state index contributed by atoms with van der Waals surface area (Å²) in [6.07, 6.45) is 2.34. The second-order valence-corrected chi connectivity index (χ2v) is 7.70. The average molecular weight is 367 g/mol. The number of H-pyrrole nitrogens is 1. The van der Waals surface area contributed by atoms with Gasteiger partial charge in [-0.2, -0.15) is 0 Å². The predicted octanol–water partition coefficient (Wildman–Crippen LogP) is 5.61. The van der Waals surface area contributed by atoms with E-state index in [1.54, 1.807) is 0 Å². The monoisotopic (exact) mass is 367 g/mol. The molecule has 28 heavy (non-hydrogen) atoms. The van der Waals surface area contributed by atoms with Crippen molar-refractivity contribution in [3.63, 3.8) is 0 Å². The number of aromatic amines is 1. The van der Waals surface area contributed by atoms with Crippen LogP contribution in [0.1, 0.15) is 29.9 Å². The van der Waals surface area contributed by atoms with E-state index in [0.717, 1.165) is 30.1 Å². The van der Waals surface area contributed by atoms with Crippen LogP contribution in [0.4, 0.5) is 5.95 Å². The van der Waals surface area contributed by atoms with Crippen molar-refractivity contribution in [2.45, 2.75) is 18.8 Å². The molecule has 1 aliphatic rings. The summed E-state index contributed by atoms with van der Waals surface area (Å²) in [7, 11) is 0. The second kappa shape index (κ2) is 7.51. The van der Waals surface area contributed by atoms with E-state index in [2.05, 4.69) is 88.7 Å². The van der Waals surface area contributed by atoms with Gasteiger partial charge in [-0.3, -0.25) is 0 Å². The van der Waals surface area contributed by atoms with E-state index in [9.17, 15) is 0 Å². The minimum Gasteiger partial charge on any atom is -0.342 e. The zero-order chi connectivity index (χ0) is 18.8. The van der Waals surface area contributed by atoms with Gasteiger partial charge in [-0.1, -0.05) is 72.8 Å². The summed E-state index contributed by atoms with van der Waals surface area (Å²) < 4.78 is 0. The van der Waals surface area contributed by atoms with E-state index in [4.69, 9.17) is 4.98 Å². The zero-order valence-electron chi connectivity index (χ0n) is 16.0. The van der Waals surface area contributed by atoms with Crippen molar-refractivity contribution in [2.24, 2.45) is 5.92 Å². The number of nitrogens with one attached hydrogen (secondary N) is 1. The first-order valence-electron chi connectivity index (χ1n) is 10.2. The van der Waals surface area contributed by atoms with Gasteiger partial charge in [0, 0.05) is 19.0 Å². The van der Waals surface area contributed by atoms with Crippen molar-refractivity contribution in [3.05, 3.63) is 96.1 Å². The summed E-state index contributed by atoms with van der Waals surface area (Å²) in [5.41, 5.74) is 5.02. The van der Waals surface area contributed by atoms with E-state index >= 15 is 0 Å². The van der Waals surface area contributed by atoms with Crippen molar-refractivity contribution >= 4 is 17.0 Å². The Morgan fingerprint density at radius 1 is 0.750 bits per heavy atom. The van der Waals surface area contributed by atoms with Gasteiger partial charge in [0.1, 0.15) is 0 Å². The van der Waals surface area contributed by atoms with Gasteiger partial charge in [-0.05, 0) is 42.0 Å². The molecule has 1 saturated heterocycles. The molecule has 3 nitrogen and oxygen atoms in total. The molecule has 1 aliphatic heterocycles. The molecule has 3 heteroatoms. The Balaban J connectivity index is 1.37. The van der Waals surface area contributed by atoms with Crippen molar-refractivity contribution in [3.8, 4) is 0 Å². The van der Waals surface area contributed by atoms with E-state index < -0.39 is 0 Å². The quantitative estimate of drug-likeness (QED) is 0.508. The Labute approximate surface area is 166 Å². The van der Waals surface area contributed by atoms with E-state index in [0.29, 0.717) is 11.8 Å². The lowest BCUT2D eigenvalue weighted by Crippen LogP contribution is -2.36. The number of imidazole rings is 1. The lowest BCUT2D eigenvalue weighted by Gasteiger charge is -2.36. The maximum atomic E-state index is 4.79. The number of aromatic nitrogens is 2. The first-order valence-corrected chi connectivity index (χ1v) is 10.2. The molecule has 0 spiro atoms. The summed E-state index contributed by atoms with van der Waals surface area (Å²) in [6, 6.07) is 30.3. The summed E-state index contributed by atoms with van der Waals surface area (Å²) in [4.78, 5) is 10.7. The third-order valence-corrected chi connectivity index (χ3v) is 6.00. The predicted molar refractivity (Wildman–Crippen MR) is 116 cm³/mol. The van der Waals surface area contributed by atoms with E-state index in [-0.39, 0.29) is 0 Å². The van der Waals surface area contributed by atoms with Crippen molar-refractivity contribution in [1.29, 1.82) is 0 Å². The zero-order valence-corrected chi connectivity index (χ0v) is 16.0. The molecule has 1 fully saturated rings. The number of rotatable bonds is 4. The van der Waals surface area contributed by atoms with Crippen LogP contribution in [-0.2, 0) is 0 Å². The number of hydrogen-bond donors (Lipinski definition) is 1. The SMILES string of the molecule is c1ccc(C(c2ccccc2)C2CCN(c3nc4ccccc4[nH]3)CC2)cc1. The Morgan fingerprint density at radius 2 is 1.32 bits per heavy atom. The molecule has 2 heterocycles. The molecule has 5 rings (SSSR count). The molecule has 0 amide bonds. The Morgan fingerprint density at radius 3 is 1.93 bits per heavy atom. The largest absolute Gasteiger partial charge is 0.342 e. The molecule has 0 radical (unpaired) electrons. The number of benzene rings is 3. The van der Waals surface area contributed by atoms with Crippen LogP contribution >= 0.6 is 0 Å². The number of piperidine rings is 1. The number of fused-ring (bicyclic) bond motifs is 1. The van der Waals surface area contributed by atoms with E-state index in [1.165, 1.54) is 24.0 Å². The van der Waals surface area contributed by atoms with Crippen molar-refractivity contribution in [1.82, 2.24) is 9.97 Å². The van der Waals surface area contributed by atoms with E-state index in [1.807, 2.05) is 6.07 Å². The highest BCUT2D eigenvalue weighted by Gasteiger charge is 2.29. The fourth-order valence-corrected chi connectivity index (χ4v) is 4.59. The highest BCUT2D eigenvalue weighted by Crippen LogP contribution is 2.38. The van der Waals surface area contributed by atoms with Gasteiger partial charge in [-0.15, -0.1) is 0 Å². The molecule has 140 valence electrons. The number of anilines is 1. The molecule has 0 bridgehead atoms. The lowest BCUT2D eigenvalue weighted by molar-refractivity contribution is 0.366. The van der Waals surface area contributed by atoms with Crippen LogP contribution in [0, 0.1) is 5.92 Å². The molecule has 1 N–H and O–H groups in total. The normalized spacial score (nSPS) is 15.4. The maximum Gasteiger partial charge on any atom is 0.203 e. The molecular weight excluding hydrogens is 342 g/mol. The average Bonchev–Trinajstić information content (AvgIpc) is 3.20. The number of nitrogens with zero attached hydrogens (tertiary/aromatic N) is 2. The second-order valence-electron chi connectivity index (χ2n) is 7.70. The van der Waals surface area contributed by atoms with Gasteiger partial charge < -0.3 is 9.88 Å². The Hall–Kier alpha value is -3.07. The topological polar surface area (TPSA) is 31.9 Å². The van der Waals surface area contributed by atoms with Gasteiger partial charge >= 0.3 is 0 Å². The molecule has 0 saturated carbocycles. The third-order valence-electron chi connectivity index (χ3n) is 6.00. The first kappa shape index (κ1) is 17.1. The molecule has 4 aromatic rings. The van der Waals surface area contributed by atoms with Crippen LogP contribution in [0.5, 0.6) is 0 Å². The van der Waals surface area contributed by atoms with Crippen molar-refractivity contribution in [2.75, 3.05) is 18.0 Å². The van der Waals surface area contributed by atoms with Crippen LogP contribution in [-0.4, -0.2) is 23.1 Å². The highest BCUT2D eigenvalue weighted by atomic mass is 15.3. The molecular formula is C25H25N3.